The Morgan fingerprint density at radius 1 is 1.16 bits per heavy atom. The van der Waals surface area contributed by atoms with Crippen LogP contribution < -0.4 is 5.32 Å². The van der Waals surface area contributed by atoms with E-state index in [-0.39, 0.29) is 12.5 Å². The predicted octanol–water partition coefficient (Wildman–Crippen LogP) is 3.11. The van der Waals surface area contributed by atoms with Crippen molar-refractivity contribution in [3.05, 3.63) is 66.2 Å². The van der Waals surface area contributed by atoms with E-state index >= 15 is 0 Å². The Hall–Kier alpha value is -4.01. The molecule has 0 aliphatic carbocycles. The van der Waals surface area contributed by atoms with E-state index in [9.17, 15) is 9.59 Å². The molecule has 4 aromatic rings. The Morgan fingerprint density at radius 2 is 2.03 bits per heavy atom. The predicted molar refractivity (Wildman–Crippen MR) is 115 cm³/mol. The molecule has 0 radical (unpaired) electrons. The summed E-state index contributed by atoms with van der Waals surface area (Å²) in [5, 5.41) is 11.4. The van der Waals surface area contributed by atoms with Crippen molar-refractivity contribution in [2.75, 3.05) is 11.9 Å². The monoisotopic (exact) mass is 418 g/mol. The molecule has 4 rings (SSSR count). The molecular weight excluding hydrogens is 396 g/mol. The maximum absolute atomic E-state index is 12.4. The van der Waals surface area contributed by atoms with E-state index in [1.165, 1.54) is 6.20 Å². The summed E-state index contributed by atoms with van der Waals surface area (Å²) in [6.45, 7) is 4.49. The van der Waals surface area contributed by atoms with Gasteiger partial charge in [0.1, 0.15) is 5.56 Å². The van der Waals surface area contributed by atoms with Crippen molar-refractivity contribution >= 4 is 23.2 Å². The molecule has 0 atom stereocenters. The van der Waals surface area contributed by atoms with Crippen LogP contribution in [0.1, 0.15) is 29.3 Å². The quantitative estimate of drug-likeness (QED) is 0.463. The number of carbonyl (C=O) groups is 2. The van der Waals surface area contributed by atoms with Crippen molar-refractivity contribution in [1.29, 1.82) is 0 Å². The number of ether oxygens (including phenoxy) is 1. The molecule has 1 amide bonds. The second-order valence-electron chi connectivity index (χ2n) is 7.00. The van der Waals surface area contributed by atoms with Crippen LogP contribution in [0, 0.1) is 6.92 Å². The standard InChI is InChI=1S/C22H22N6O3/c1-3-31-22(30)18-13-25-28-19(7-9-23-21(18)28)16-5-4-6-17(11-16)26-20(29)8-10-27-14-15(2)12-24-27/h4-7,9,11-14H,3,8,10H2,1-2H3,(H,26,29). The first kappa shape index (κ1) is 20.3. The van der Waals surface area contributed by atoms with Crippen LogP contribution in [0.5, 0.6) is 0 Å². The van der Waals surface area contributed by atoms with Gasteiger partial charge in [0.05, 0.1) is 24.7 Å². The minimum absolute atomic E-state index is 0.103. The summed E-state index contributed by atoms with van der Waals surface area (Å²) in [5.41, 5.74) is 4.01. The van der Waals surface area contributed by atoms with Gasteiger partial charge in [-0.2, -0.15) is 10.2 Å². The maximum atomic E-state index is 12.4. The summed E-state index contributed by atoms with van der Waals surface area (Å²) in [7, 11) is 0. The summed E-state index contributed by atoms with van der Waals surface area (Å²) >= 11 is 0. The Balaban J connectivity index is 1.53. The normalized spacial score (nSPS) is 10.9. The lowest BCUT2D eigenvalue weighted by Crippen LogP contribution is -2.14. The number of amides is 1. The Bertz CT molecular complexity index is 1240. The Kier molecular flexibility index (Phi) is 5.74. The molecule has 31 heavy (non-hydrogen) atoms. The molecule has 0 unspecified atom stereocenters. The van der Waals surface area contributed by atoms with Gasteiger partial charge in [0.25, 0.3) is 0 Å². The fourth-order valence-electron chi connectivity index (χ4n) is 3.25. The zero-order valence-electron chi connectivity index (χ0n) is 17.3. The van der Waals surface area contributed by atoms with E-state index < -0.39 is 5.97 Å². The van der Waals surface area contributed by atoms with Crippen molar-refractivity contribution in [3.8, 4) is 11.3 Å². The number of aromatic nitrogens is 5. The second kappa shape index (κ2) is 8.78. The number of anilines is 1. The van der Waals surface area contributed by atoms with Gasteiger partial charge in [-0.05, 0) is 37.6 Å². The SMILES string of the molecule is CCOC(=O)c1cnn2c(-c3cccc(NC(=O)CCn4cc(C)cn4)c3)ccnc12. The highest BCUT2D eigenvalue weighted by Gasteiger charge is 2.17. The third kappa shape index (κ3) is 4.45. The third-order valence-corrected chi connectivity index (χ3v) is 4.67. The summed E-state index contributed by atoms with van der Waals surface area (Å²) in [4.78, 5) is 28.8. The zero-order chi connectivity index (χ0) is 21.8. The minimum atomic E-state index is -0.462. The fourth-order valence-corrected chi connectivity index (χ4v) is 3.25. The highest BCUT2D eigenvalue weighted by atomic mass is 16.5. The lowest BCUT2D eigenvalue weighted by Gasteiger charge is -2.09. The van der Waals surface area contributed by atoms with Crippen LogP contribution >= 0.6 is 0 Å². The van der Waals surface area contributed by atoms with Crippen molar-refractivity contribution in [1.82, 2.24) is 24.4 Å². The van der Waals surface area contributed by atoms with Crippen LogP contribution in [0.4, 0.5) is 5.69 Å². The third-order valence-electron chi connectivity index (χ3n) is 4.67. The van der Waals surface area contributed by atoms with Gasteiger partial charge in [-0.1, -0.05) is 12.1 Å². The molecule has 0 aliphatic heterocycles. The number of carbonyl (C=O) groups excluding carboxylic acids is 2. The molecule has 0 saturated carbocycles. The fraction of sp³-hybridized carbons (Fsp3) is 0.227. The largest absolute Gasteiger partial charge is 0.462 e. The first-order valence-electron chi connectivity index (χ1n) is 9.94. The number of esters is 1. The number of aryl methyl sites for hydroxylation is 2. The molecule has 158 valence electrons. The average Bonchev–Trinajstić information content (AvgIpc) is 3.38. The van der Waals surface area contributed by atoms with Crippen LogP contribution in [0.25, 0.3) is 16.9 Å². The molecule has 0 saturated heterocycles. The van der Waals surface area contributed by atoms with Crippen LogP contribution in [-0.4, -0.2) is 42.9 Å². The van der Waals surface area contributed by atoms with Crippen LogP contribution in [0.3, 0.4) is 0 Å². The molecule has 0 spiro atoms. The van der Waals surface area contributed by atoms with Gasteiger partial charge in [-0.3, -0.25) is 9.48 Å². The van der Waals surface area contributed by atoms with E-state index in [0.29, 0.717) is 29.9 Å². The number of hydrogen-bond donors (Lipinski definition) is 1. The molecule has 1 N–H and O–H groups in total. The van der Waals surface area contributed by atoms with Crippen LogP contribution in [0.15, 0.2) is 55.1 Å². The maximum Gasteiger partial charge on any atom is 0.343 e. The van der Waals surface area contributed by atoms with Gasteiger partial charge in [-0.25, -0.2) is 14.3 Å². The molecule has 3 aromatic heterocycles. The molecule has 0 bridgehead atoms. The Morgan fingerprint density at radius 3 is 2.81 bits per heavy atom. The minimum Gasteiger partial charge on any atom is -0.462 e. The molecule has 9 heteroatoms. The summed E-state index contributed by atoms with van der Waals surface area (Å²) < 4.78 is 8.41. The molecular formula is C22H22N6O3. The number of nitrogens with one attached hydrogen (secondary N) is 1. The molecule has 1 aromatic carbocycles. The average molecular weight is 418 g/mol. The van der Waals surface area contributed by atoms with Crippen molar-refractivity contribution in [2.45, 2.75) is 26.8 Å². The smallest absolute Gasteiger partial charge is 0.343 e. The molecule has 0 fully saturated rings. The lowest BCUT2D eigenvalue weighted by atomic mass is 10.1. The van der Waals surface area contributed by atoms with E-state index in [2.05, 4.69) is 20.5 Å². The van der Waals surface area contributed by atoms with Crippen LogP contribution in [0.2, 0.25) is 0 Å². The van der Waals surface area contributed by atoms with E-state index in [0.717, 1.165) is 16.8 Å². The highest BCUT2D eigenvalue weighted by Crippen LogP contribution is 2.24. The second-order valence-corrected chi connectivity index (χ2v) is 7.00. The first-order valence-corrected chi connectivity index (χ1v) is 9.94. The number of rotatable bonds is 7. The topological polar surface area (TPSA) is 103 Å². The van der Waals surface area contributed by atoms with Gasteiger partial charge in [0, 0.05) is 36.6 Å². The first-order chi connectivity index (χ1) is 15.0. The molecule has 9 nitrogen and oxygen atoms in total. The molecule has 0 aliphatic rings. The summed E-state index contributed by atoms with van der Waals surface area (Å²) in [6.07, 6.45) is 7.04. The summed E-state index contributed by atoms with van der Waals surface area (Å²) in [6, 6.07) is 9.24. The van der Waals surface area contributed by atoms with Crippen molar-refractivity contribution in [2.24, 2.45) is 0 Å². The number of hydrogen-bond acceptors (Lipinski definition) is 6. The number of nitrogens with zero attached hydrogens (tertiary/aromatic N) is 5. The Labute approximate surface area is 178 Å². The van der Waals surface area contributed by atoms with E-state index in [4.69, 9.17) is 4.74 Å². The van der Waals surface area contributed by atoms with E-state index in [1.54, 1.807) is 34.6 Å². The zero-order valence-corrected chi connectivity index (χ0v) is 17.3. The van der Waals surface area contributed by atoms with Crippen molar-refractivity contribution < 1.29 is 14.3 Å². The molecule has 3 heterocycles. The van der Waals surface area contributed by atoms with Crippen LogP contribution in [-0.2, 0) is 16.1 Å². The van der Waals surface area contributed by atoms with Gasteiger partial charge < -0.3 is 10.1 Å². The lowest BCUT2D eigenvalue weighted by molar-refractivity contribution is -0.116. The highest BCUT2D eigenvalue weighted by molar-refractivity contribution is 5.96. The summed E-state index contributed by atoms with van der Waals surface area (Å²) in [5.74, 6) is -0.565. The van der Waals surface area contributed by atoms with Crippen molar-refractivity contribution in [3.63, 3.8) is 0 Å². The van der Waals surface area contributed by atoms with Gasteiger partial charge in [0.15, 0.2) is 5.65 Å². The van der Waals surface area contributed by atoms with Gasteiger partial charge >= 0.3 is 5.97 Å². The van der Waals surface area contributed by atoms with Gasteiger partial charge in [0.2, 0.25) is 5.91 Å². The van der Waals surface area contributed by atoms with Gasteiger partial charge in [-0.15, -0.1) is 0 Å². The number of benzene rings is 1. The number of fused-ring (bicyclic) bond motifs is 1. The van der Waals surface area contributed by atoms with E-state index in [1.807, 2.05) is 37.4 Å².